The van der Waals surface area contributed by atoms with Crippen molar-refractivity contribution in [3.8, 4) is 0 Å². The number of fused-ring (bicyclic) bond motifs is 5. The molecule has 4 nitrogen and oxygen atoms in total. The molecule has 4 aliphatic carbocycles. The summed E-state index contributed by atoms with van der Waals surface area (Å²) in [7, 11) is 0. The molecule has 8 atom stereocenters. The largest absolute Gasteiger partial charge is 0.393 e. The smallest absolute Gasteiger partial charge is 0.161 e. The summed E-state index contributed by atoms with van der Waals surface area (Å²) in [4.78, 5) is 24.1. The zero-order valence-electron chi connectivity index (χ0n) is 15.6. The fraction of sp³-hybridized carbons (Fsp3) is 0.810. The maximum absolute atomic E-state index is 15.1. The first kappa shape index (κ1) is 18.3. The van der Waals surface area contributed by atoms with Gasteiger partial charge in [-0.2, -0.15) is 0 Å². The van der Waals surface area contributed by atoms with Gasteiger partial charge in [-0.15, -0.1) is 0 Å². The minimum absolute atomic E-state index is 0.0109. The summed E-state index contributed by atoms with van der Waals surface area (Å²) < 4.78 is 15.1. The van der Waals surface area contributed by atoms with Gasteiger partial charge in [0.2, 0.25) is 0 Å². The summed E-state index contributed by atoms with van der Waals surface area (Å²) in [6, 6.07) is 0. The second kappa shape index (κ2) is 5.96. The summed E-state index contributed by atoms with van der Waals surface area (Å²) >= 11 is 0. The number of alkyl halides is 1. The molecule has 0 radical (unpaired) electrons. The van der Waals surface area contributed by atoms with Crippen LogP contribution in [-0.4, -0.2) is 40.7 Å². The van der Waals surface area contributed by atoms with Crippen LogP contribution in [0.1, 0.15) is 52.4 Å². The molecule has 2 N–H and O–H groups in total. The van der Waals surface area contributed by atoms with Crippen molar-refractivity contribution < 1.29 is 24.2 Å². The molecule has 4 rings (SSSR count). The Morgan fingerprint density at radius 3 is 2.77 bits per heavy atom. The summed E-state index contributed by atoms with van der Waals surface area (Å²) in [5.74, 6) is -0.263. The van der Waals surface area contributed by atoms with Crippen LogP contribution in [0.2, 0.25) is 0 Å². The lowest BCUT2D eigenvalue weighted by atomic mass is 9.45. The minimum Gasteiger partial charge on any atom is -0.393 e. The Morgan fingerprint density at radius 2 is 2.08 bits per heavy atom. The Labute approximate surface area is 153 Å². The van der Waals surface area contributed by atoms with Gasteiger partial charge >= 0.3 is 0 Å². The molecule has 0 saturated heterocycles. The minimum atomic E-state index is -1.15. The predicted molar refractivity (Wildman–Crippen MR) is 94.0 cm³/mol. The molecule has 0 heterocycles. The van der Waals surface area contributed by atoms with Gasteiger partial charge in [-0.1, -0.05) is 13.8 Å². The second-order valence-corrected chi connectivity index (χ2v) is 9.51. The van der Waals surface area contributed by atoms with Crippen molar-refractivity contribution in [1.29, 1.82) is 0 Å². The van der Waals surface area contributed by atoms with E-state index in [9.17, 15) is 19.8 Å². The Balaban J connectivity index is 1.74. The summed E-state index contributed by atoms with van der Waals surface area (Å²) in [6.07, 6.45) is 3.16. The molecule has 0 amide bonds. The number of carbonyl (C=O) groups excluding carboxylic acids is 2. The number of hydrogen-bond donors (Lipinski definition) is 2. The van der Waals surface area contributed by atoms with Gasteiger partial charge < -0.3 is 10.2 Å². The molecule has 3 saturated carbocycles. The van der Waals surface area contributed by atoms with Crippen LogP contribution >= 0.6 is 0 Å². The van der Waals surface area contributed by atoms with Gasteiger partial charge in [-0.25, -0.2) is 4.39 Å². The van der Waals surface area contributed by atoms with Crippen LogP contribution in [0.3, 0.4) is 0 Å². The van der Waals surface area contributed by atoms with E-state index in [2.05, 4.69) is 0 Å². The lowest BCUT2D eigenvalue weighted by molar-refractivity contribution is -0.150. The van der Waals surface area contributed by atoms with Crippen LogP contribution in [0.15, 0.2) is 11.6 Å². The summed E-state index contributed by atoms with van der Waals surface area (Å²) in [6.45, 7) is 3.61. The van der Waals surface area contributed by atoms with Crippen LogP contribution in [0.25, 0.3) is 0 Å². The standard InChI is InChI=1S/C21H29FO4/c1-20-6-5-11(24)7-15(20)16(22)8-12-13-3-4-14(18(26)10-23)21(13,2)9-17(25)19(12)20/h7,12-14,16-17,19,23,25H,3-6,8-10H2,1-2H3/t12?,13?,14-,16+,17+,19?,20+,21+/m1/s1. The molecule has 4 aliphatic rings. The van der Waals surface area contributed by atoms with Crippen molar-refractivity contribution in [3.63, 3.8) is 0 Å². The number of carbonyl (C=O) groups is 2. The molecule has 26 heavy (non-hydrogen) atoms. The predicted octanol–water partition coefficient (Wildman–Crippen LogP) is 2.61. The normalized spacial score (nSPS) is 50.5. The number of ketones is 2. The third-order valence-corrected chi connectivity index (χ3v) is 8.41. The molecule has 0 aromatic heterocycles. The van der Waals surface area contributed by atoms with Gasteiger partial charge in [0.1, 0.15) is 12.8 Å². The van der Waals surface area contributed by atoms with Gasteiger partial charge in [0.15, 0.2) is 11.6 Å². The van der Waals surface area contributed by atoms with Gasteiger partial charge in [0.05, 0.1) is 6.10 Å². The molecular weight excluding hydrogens is 335 g/mol. The van der Waals surface area contributed by atoms with E-state index >= 15 is 4.39 Å². The molecule has 3 fully saturated rings. The number of hydrogen-bond acceptors (Lipinski definition) is 4. The number of Topliss-reactive ketones (excluding diaryl/α,β-unsaturated/α-hetero) is 1. The molecule has 0 aliphatic heterocycles. The highest BCUT2D eigenvalue weighted by molar-refractivity contribution is 5.92. The molecule has 0 spiro atoms. The number of allylic oxidation sites excluding steroid dienone is 1. The van der Waals surface area contributed by atoms with Gasteiger partial charge in [0.25, 0.3) is 0 Å². The van der Waals surface area contributed by atoms with Crippen molar-refractivity contribution in [2.75, 3.05) is 6.61 Å². The topological polar surface area (TPSA) is 74.6 Å². The maximum Gasteiger partial charge on any atom is 0.161 e. The molecule has 0 bridgehead atoms. The van der Waals surface area contributed by atoms with Crippen LogP contribution in [0.4, 0.5) is 4.39 Å². The van der Waals surface area contributed by atoms with Gasteiger partial charge in [-0.3, -0.25) is 9.59 Å². The third-order valence-electron chi connectivity index (χ3n) is 8.41. The van der Waals surface area contributed by atoms with E-state index in [1.54, 1.807) is 0 Å². The van der Waals surface area contributed by atoms with E-state index in [0.29, 0.717) is 37.7 Å². The van der Waals surface area contributed by atoms with E-state index in [-0.39, 0.29) is 40.7 Å². The molecule has 0 aromatic carbocycles. The molecule has 5 heteroatoms. The van der Waals surface area contributed by atoms with Crippen LogP contribution in [-0.2, 0) is 9.59 Å². The molecule has 0 aromatic rings. The Morgan fingerprint density at radius 1 is 1.35 bits per heavy atom. The van der Waals surface area contributed by atoms with Gasteiger partial charge in [-0.05, 0) is 72.3 Å². The van der Waals surface area contributed by atoms with Gasteiger partial charge in [0, 0.05) is 12.3 Å². The van der Waals surface area contributed by atoms with Crippen LogP contribution in [0, 0.1) is 34.5 Å². The Hall–Kier alpha value is -1.07. The molecule has 144 valence electrons. The third kappa shape index (κ3) is 2.32. The summed E-state index contributed by atoms with van der Waals surface area (Å²) in [5, 5.41) is 20.5. The van der Waals surface area contributed by atoms with E-state index in [0.717, 1.165) is 6.42 Å². The van der Waals surface area contributed by atoms with Crippen molar-refractivity contribution in [2.24, 2.45) is 34.5 Å². The monoisotopic (exact) mass is 364 g/mol. The zero-order chi connectivity index (χ0) is 18.9. The second-order valence-electron chi connectivity index (χ2n) is 9.51. The van der Waals surface area contributed by atoms with Crippen molar-refractivity contribution in [1.82, 2.24) is 0 Å². The quantitative estimate of drug-likeness (QED) is 0.790. The number of aliphatic hydroxyl groups is 2. The first-order valence-electron chi connectivity index (χ1n) is 9.93. The zero-order valence-corrected chi connectivity index (χ0v) is 15.6. The highest BCUT2D eigenvalue weighted by Gasteiger charge is 2.64. The average molecular weight is 364 g/mol. The van der Waals surface area contributed by atoms with E-state index < -0.39 is 24.3 Å². The van der Waals surface area contributed by atoms with Crippen LogP contribution < -0.4 is 0 Å². The molecular formula is C21H29FO4. The average Bonchev–Trinajstić information content (AvgIpc) is 2.92. The molecule has 3 unspecified atom stereocenters. The van der Waals surface area contributed by atoms with E-state index in [1.165, 1.54) is 6.08 Å². The highest BCUT2D eigenvalue weighted by Crippen LogP contribution is 2.66. The fourth-order valence-electron chi connectivity index (χ4n) is 7.33. The first-order chi connectivity index (χ1) is 12.2. The van der Waals surface area contributed by atoms with Crippen LogP contribution in [0.5, 0.6) is 0 Å². The lowest BCUT2D eigenvalue weighted by Gasteiger charge is -2.60. The number of aliphatic hydroxyl groups excluding tert-OH is 2. The van der Waals surface area contributed by atoms with Crippen molar-refractivity contribution >= 4 is 11.6 Å². The lowest BCUT2D eigenvalue weighted by Crippen LogP contribution is -2.59. The fourth-order valence-corrected chi connectivity index (χ4v) is 7.33. The number of rotatable bonds is 2. The maximum atomic E-state index is 15.1. The van der Waals surface area contributed by atoms with E-state index in [4.69, 9.17) is 0 Å². The first-order valence-corrected chi connectivity index (χ1v) is 9.93. The Bertz CT molecular complexity index is 673. The Kier molecular flexibility index (Phi) is 4.20. The van der Waals surface area contributed by atoms with Crippen molar-refractivity contribution in [3.05, 3.63) is 11.6 Å². The summed E-state index contributed by atoms with van der Waals surface area (Å²) in [5.41, 5.74) is -0.267. The van der Waals surface area contributed by atoms with E-state index in [1.807, 2.05) is 13.8 Å². The van der Waals surface area contributed by atoms with Crippen molar-refractivity contribution in [2.45, 2.75) is 64.6 Å². The SMILES string of the molecule is C[C@]12CCC(=O)C=C1[C@@H](F)CC1C2[C@@H](O)C[C@@]2(C)C1CC[C@@H]2C(=O)CO. The number of halogens is 1. The highest BCUT2D eigenvalue weighted by atomic mass is 19.1.